The summed E-state index contributed by atoms with van der Waals surface area (Å²) in [6.07, 6.45) is 1.43. The van der Waals surface area contributed by atoms with Crippen LogP contribution >= 0.6 is 0 Å². The minimum absolute atomic E-state index is 0.181. The van der Waals surface area contributed by atoms with Gasteiger partial charge >= 0.3 is 0 Å². The molecule has 2 aromatic carbocycles. The molecular formula is C18H14F2N2O4. The van der Waals surface area contributed by atoms with Gasteiger partial charge in [-0.25, -0.2) is 13.8 Å². The maximum Gasteiger partial charge on any atom is 0.254 e. The molecule has 0 saturated carbocycles. The standard InChI is InChI=1S/C18H14F2N2O4/c1-24-11-4-2-10(3-5-11)13-8-26-15(22-13)9-25-14-7-6-12(19)16(17(14)20)18(21)23/h2-8H,9H2,1H3,(H2,21,23). The van der Waals surface area contributed by atoms with Crippen LogP contribution in [0.5, 0.6) is 11.5 Å². The number of halogens is 2. The van der Waals surface area contributed by atoms with Gasteiger partial charge < -0.3 is 19.6 Å². The van der Waals surface area contributed by atoms with Gasteiger partial charge in [0.1, 0.15) is 29.1 Å². The third kappa shape index (κ3) is 3.49. The highest BCUT2D eigenvalue weighted by molar-refractivity contribution is 5.93. The Labute approximate surface area is 147 Å². The predicted octanol–water partition coefficient (Wildman–Crippen LogP) is 3.31. The number of ether oxygens (including phenoxy) is 2. The smallest absolute Gasteiger partial charge is 0.254 e. The van der Waals surface area contributed by atoms with Crippen molar-refractivity contribution >= 4 is 5.91 Å². The number of carbonyl (C=O) groups excluding carboxylic acids is 1. The molecule has 3 rings (SSSR count). The number of amides is 1. The van der Waals surface area contributed by atoms with Crippen molar-refractivity contribution in [3.05, 3.63) is 65.7 Å². The number of rotatable bonds is 6. The van der Waals surface area contributed by atoms with E-state index >= 15 is 0 Å². The molecule has 1 amide bonds. The van der Waals surface area contributed by atoms with Gasteiger partial charge in [0.2, 0.25) is 5.89 Å². The average molecular weight is 360 g/mol. The van der Waals surface area contributed by atoms with Gasteiger partial charge in [0.25, 0.3) is 5.91 Å². The van der Waals surface area contributed by atoms with Crippen molar-refractivity contribution in [1.29, 1.82) is 0 Å². The number of hydrogen-bond acceptors (Lipinski definition) is 5. The van der Waals surface area contributed by atoms with E-state index < -0.39 is 23.1 Å². The fourth-order valence-electron chi connectivity index (χ4n) is 2.28. The first-order valence-corrected chi connectivity index (χ1v) is 7.49. The Hall–Kier alpha value is -3.42. The molecule has 0 bridgehead atoms. The van der Waals surface area contributed by atoms with Crippen molar-refractivity contribution in [3.63, 3.8) is 0 Å². The quantitative estimate of drug-likeness (QED) is 0.729. The van der Waals surface area contributed by atoms with Crippen molar-refractivity contribution in [2.24, 2.45) is 5.73 Å². The third-order valence-electron chi connectivity index (χ3n) is 3.59. The van der Waals surface area contributed by atoms with Crippen LogP contribution in [0.4, 0.5) is 8.78 Å². The summed E-state index contributed by atoms with van der Waals surface area (Å²) in [6, 6.07) is 9.13. The van der Waals surface area contributed by atoms with E-state index in [1.807, 2.05) is 0 Å². The van der Waals surface area contributed by atoms with Crippen LogP contribution in [0.15, 0.2) is 47.1 Å². The lowest BCUT2D eigenvalue weighted by atomic mass is 10.1. The van der Waals surface area contributed by atoms with Crippen LogP contribution in [0.25, 0.3) is 11.3 Å². The molecule has 0 fully saturated rings. The van der Waals surface area contributed by atoms with Gasteiger partial charge in [0.05, 0.1) is 7.11 Å². The van der Waals surface area contributed by atoms with Crippen LogP contribution < -0.4 is 15.2 Å². The number of aromatic nitrogens is 1. The number of benzene rings is 2. The van der Waals surface area contributed by atoms with Crippen LogP contribution in [0, 0.1) is 11.6 Å². The van der Waals surface area contributed by atoms with Gasteiger partial charge in [-0.15, -0.1) is 0 Å². The second-order valence-electron chi connectivity index (χ2n) is 5.24. The fourth-order valence-corrected chi connectivity index (χ4v) is 2.28. The first kappa shape index (κ1) is 17.4. The lowest BCUT2D eigenvalue weighted by Gasteiger charge is -2.08. The van der Waals surface area contributed by atoms with E-state index in [0.29, 0.717) is 11.4 Å². The van der Waals surface area contributed by atoms with Crippen molar-refractivity contribution in [1.82, 2.24) is 4.98 Å². The summed E-state index contributed by atoms with van der Waals surface area (Å²) in [5.41, 5.74) is 5.47. The molecule has 0 saturated heterocycles. The molecule has 134 valence electrons. The zero-order valence-corrected chi connectivity index (χ0v) is 13.7. The highest BCUT2D eigenvalue weighted by Gasteiger charge is 2.19. The highest BCUT2D eigenvalue weighted by Crippen LogP contribution is 2.25. The van der Waals surface area contributed by atoms with Crippen molar-refractivity contribution < 1.29 is 27.5 Å². The molecule has 2 N–H and O–H groups in total. The molecule has 3 aromatic rings. The van der Waals surface area contributed by atoms with E-state index in [0.717, 1.165) is 17.7 Å². The topological polar surface area (TPSA) is 87.6 Å². The molecule has 6 nitrogen and oxygen atoms in total. The van der Waals surface area contributed by atoms with E-state index in [-0.39, 0.29) is 18.2 Å². The Morgan fingerprint density at radius 1 is 1.19 bits per heavy atom. The zero-order valence-electron chi connectivity index (χ0n) is 13.7. The van der Waals surface area contributed by atoms with Gasteiger partial charge in [0.15, 0.2) is 18.2 Å². The van der Waals surface area contributed by atoms with E-state index in [4.69, 9.17) is 19.6 Å². The average Bonchev–Trinajstić information content (AvgIpc) is 3.10. The number of nitrogens with zero attached hydrogens (tertiary/aromatic N) is 1. The summed E-state index contributed by atoms with van der Waals surface area (Å²) in [6.45, 7) is -0.211. The fraction of sp³-hybridized carbons (Fsp3) is 0.111. The minimum Gasteiger partial charge on any atom is -0.497 e. The molecule has 0 spiro atoms. The molecule has 1 aromatic heterocycles. The minimum atomic E-state index is -1.22. The molecule has 0 radical (unpaired) electrons. The van der Waals surface area contributed by atoms with Crippen molar-refractivity contribution in [2.75, 3.05) is 7.11 Å². The Balaban J connectivity index is 1.74. The number of carbonyl (C=O) groups is 1. The second kappa shape index (κ2) is 7.22. The SMILES string of the molecule is COc1ccc(-c2coc(COc3ccc(F)c(C(N)=O)c3F)n2)cc1. The summed E-state index contributed by atoms with van der Waals surface area (Å²) >= 11 is 0. The first-order valence-electron chi connectivity index (χ1n) is 7.49. The molecule has 0 unspecified atom stereocenters. The monoisotopic (exact) mass is 360 g/mol. The van der Waals surface area contributed by atoms with Gasteiger partial charge in [-0.2, -0.15) is 0 Å². The predicted molar refractivity (Wildman–Crippen MR) is 87.7 cm³/mol. The normalized spacial score (nSPS) is 10.6. The molecule has 0 atom stereocenters. The summed E-state index contributed by atoms with van der Waals surface area (Å²) in [4.78, 5) is 15.4. The van der Waals surface area contributed by atoms with Gasteiger partial charge in [0, 0.05) is 5.56 Å². The summed E-state index contributed by atoms with van der Waals surface area (Å²) < 4.78 is 43.1. The third-order valence-corrected chi connectivity index (χ3v) is 3.59. The molecule has 8 heteroatoms. The Morgan fingerprint density at radius 2 is 1.92 bits per heavy atom. The summed E-state index contributed by atoms with van der Waals surface area (Å²) in [7, 11) is 1.57. The Kier molecular flexibility index (Phi) is 4.83. The largest absolute Gasteiger partial charge is 0.497 e. The second-order valence-corrected chi connectivity index (χ2v) is 5.24. The van der Waals surface area contributed by atoms with Crippen LogP contribution in [-0.4, -0.2) is 18.0 Å². The Bertz CT molecular complexity index is 939. The highest BCUT2D eigenvalue weighted by atomic mass is 19.1. The molecule has 0 aliphatic heterocycles. The molecule has 26 heavy (non-hydrogen) atoms. The maximum absolute atomic E-state index is 14.1. The van der Waals surface area contributed by atoms with E-state index in [1.165, 1.54) is 6.26 Å². The number of hydrogen-bond donors (Lipinski definition) is 1. The Morgan fingerprint density at radius 3 is 2.58 bits per heavy atom. The lowest BCUT2D eigenvalue weighted by Crippen LogP contribution is -2.16. The number of primary amides is 1. The molecule has 1 heterocycles. The molecule has 0 aliphatic carbocycles. The van der Waals surface area contributed by atoms with Crippen LogP contribution in [0.2, 0.25) is 0 Å². The lowest BCUT2D eigenvalue weighted by molar-refractivity contribution is 0.0991. The zero-order chi connectivity index (χ0) is 18.7. The number of nitrogens with two attached hydrogens (primary N) is 1. The van der Waals surface area contributed by atoms with Crippen molar-refractivity contribution in [3.8, 4) is 22.8 Å². The van der Waals surface area contributed by atoms with Crippen LogP contribution in [-0.2, 0) is 6.61 Å². The van der Waals surface area contributed by atoms with Gasteiger partial charge in [-0.1, -0.05) is 0 Å². The van der Waals surface area contributed by atoms with E-state index in [1.54, 1.807) is 31.4 Å². The number of methoxy groups -OCH3 is 1. The maximum atomic E-state index is 14.1. The van der Waals surface area contributed by atoms with Crippen molar-refractivity contribution in [2.45, 2.75) is 6.61 Å². The van der Waals surface area contributed by atoms with Crippen LogP contribution in [0.3, 0.4) is 0 Å². The first-order chi connectivity index (χ1) is 12.5. The summed E-state index contributed by atoms with van der Waals surface area (Å²) in [5.74, 6) is -2.88. The van der Waals surface area contributed by atoms with E-state index in [2.05, 4.69) is 4.98 Å². The molecular weight excluding hydrogens is 346 g/mol. The molecule has 0 aliphatic rings. The summed E-state index contributed by atoms with van der Waals surface area (Å²) in [5, 5.41) is 0. The van der Waals surface area contributed by atoms with E-state index in [9.17, 15) is 13.6 Å². The number of oxazole rings is 1. The van der Waals surface area contributed by atoms with Gasteiger partial charge in [-0.3, -0.25) is 4.79 Å². The van der Waals surface area contributed by atoms with Crippen LogP contribution in [0.1, 0.15) is 16.2 Å². The van der Waals surface area contributed by atoms with Gasteiger partial charge in [-0.05, 0) is 36.4 Å².